The van der Waals surface area contributed by atoms with Gasteiger partial charge in [-0.3, -0.25) is 4.90 Å². The minimum Gasteiger partial charge on any atom is -0.444 e. The maximum atomic E-state index is 12.8. The molecule has 1 fully saturated rings. The number of piperazine rings is 1. The van der Waals surface area contributed by atoms with Crippen LogP contribution in [0.3, 0.4) is 0 Å². The van der Waals surface area contributed by atoms with E-state index in [1.807, 2.05) is 43.9 Å². The van der Waals surface area contributed by atoms with Crippen LogP contribution in [0.25, 0.3) is 11.3 Å². The Morgan fingerprint density at radius 3 is 2.71 bits per heavy atom. The molecule has 0 spiro atoms. The first-order valence-corrected chi connectivity index (χ1v) is 11.3. The molecular weight excluding hydrogens is 412 g/mol. The number of hydrogen-bond acceptors (Lipinski definition) is 5. The van der Waals surface area contributed by atoms with Gasteiger partial charge in [-0.2, -0.15) is 0 Å². The molecule has 1 aliphatic rings. The summed E-state index contributed by atoms with van der Waals surface area (Å²) in [5.41, 5.74) is 2.56. The quantitative estimate of drug-likeness (QED) is 0.588. The van der Waals surface area contributed by atoms with Crippen molar-refractivity contribution in [2.24, 2.45) is 5.92 Å². The minimum absolute atomic E-state index is 0.146. The number of rotatable bonds is 5. The first-order valence-electron chi connectivity index (χ1n) is 10.9. The number of benzene rings is 1. The van der Waals surface area contributed by atoms with E-state index in [0.29, 0.717) is 12.5 Å². The van der Waals surface area contributed by atoms with Crippen molar-refractivity contribution in [3.63, 3.8) is 0 Å². The summed E-state index contributed by atoms with van der Waals surface area (Å²) in [6.45, 7) is 13.3. The van der Waals surface area contributed by atoms with Gasteiger partial charge in [-0.15, -0.1) is 0 Å². The third-order valence-corrected chi connectivity index (χ3v) is 5.38. The van der Waals surface area contributed by atoms with E-state index < -0.39 is 5.60 Å². The Bertz CT molecular complexity index is 897. The number of hydrogen-bond donors (Lipinski definition) is 0. The summed E-state index contributed by atoms with van der Waals surface area (Å²) in [6, 6.07) is 10.4. The Kier molecular flexibility index (Phi) is 7.55. The van der Waals surface area contributed by atoms with Gasteiger partial charge in [0.05, 0.1) is 5.69 Å². The van der Waals surface area contributed by atoms with E-state index in [-0.39, 0.29) is 17.4 Å². The molecule has 1 amide bonds. The van der Waals surface area contributed by atoms with Gasteiger partial charge in [-0.1, -0.05) is 32.0 Å². The number of amides is 1. The zero-order valence-corrected chi connectivity index (χ0v) is 19.9. The summed E-state index contributed by atoms with van der Waals surface area (Å²) < 4.78 is 5.66. The lowest BCUT2D eigenvalue weighted by Crippen LogP contribution is -2.56. The first kappa shape index (κ1) is 23.5. The molecule has 1 aromatic heterocycles. The molecule has 0 N–H and O–H groups in total. The van der Waals surface area contributed by atoms with Crippen molar-refractivity contribution in [1.82, 2.24) is 19.8 Å². The third kappa shape index (κ3) is 6.91. The van der Waals surface area contributed by atoms with Crippen LogP contribution < -0.4 is 0 Å². The molecule has 31 heavy (non-hydrogen) atoms. The second-order valence-electron chi connectivity index (χ2n) is 9.60. The first-order chi connectivity index (χ1) is 14.6. The molecule has 1 unspecified atom stereocenters. The number of aromatic nitrogens is 2. The number of carbonyl (C=O) groups is 1. The van der Waals surface area contributed by atoms with Crippen molar-refractivity contribution in [2.45, 2.75) is 59.2 Å². The van der Waals surface area contributed by atoms with Crippen molar-refractivity contribution >= 4 is 17.7 Å². The molecule has 1 aromatic carbocycles. The van der Waals surface area contributed by atoms with Crippen LogP contribution in [-0.2, 0) is 11.3 Å². The molecule has 0 saturated carbocycles. The highest BCUT2D eigenvalue weighted by Gasteiger charge is 2.33. The lowest BCUT2D eigenvalue weighted by molar-refractivity contribution is -0.00564. The Hall–Kier alpha value is -2.18. The van der Waals surface area contributed by atoms with Gasteiger partial charge >= 0.3 is 6.09 Å². The fourth-order valence-electron chi connectivity index (χ4n) is 3.95. The Balaban J connectivity index is 1.70. The third-order valence-electron chi connectivity index (χ3n) is 5.19. The molecular formula is C24H33ClN4O2. The van der Waals surface area contributed by atoms with Crippen molar-refractivity contribution in [3.05, 3.63) is 47.4 Å². The molecule has 2 heterocycles. The molecule has 0 radical (unpaired) electrons. The normalized spacial score (nSPS) is 17.8. The molecule has 0 bridgehead atoms. The molecule has 7 heteroatoms. The molecule has 0 aliphatic carbocycles. The van der Waals surface area contributed by atoms with Gasteiger partial charge in [-0.25, -0.2) is 14.8 Å². The van der Waals surface area contributed by atoms with Gasteiger partial charge in [-0.05, 0) is 62.4 Å². The van der Waals surface area contributed by atoms with Gasteiger partial charge in [0.25, 0.3) is 0 Å². The van der Waals surface area contributed by atoms with Gasteiger partial charge in [0.2, 0.25) is 5.28 Å². The van der Waals surface area contributed by atoms with Crippen molar-refractivity contribution in [2.75, 3.05) is 19.6 Å². The molecule has 6 nitrogen and oxygen atoms in total. The van der Waals surface area contributed by atoms with Crippen LogP contribution in [-0.4, -0.2) is 57.1 Å². The smallest absolute Gasteiger partial charge is 0.410 e. The summed E-state index contributed by atoms with van der Waals surface area (Å²) in [5.74, 6) is 0.501. The summed E-state index contributed by atoms with van der Waals surface area (Å²) in [5, 5.41) is 0.248. The fraction of sp³-hybridized carbons (Fsp3) is 0.542. The summed E-state index contributed by atoms with van der Waals surface area (Å²) in [7, 11) is 0. The predicted octanol–water partition coefficient (Wildman–Crippen LogP) is 5.26. The molecule has 3 rings (SSSR count). The van der Waals surface area contributed by atoms with Crippen LogP contribution in [0, 0.1) is 5.92 Å². The SMILES string of the molecule is CC(C)CC1CN(Cc2cccc(-c3ccnc(Cl)n3)c2)CCN1C(=O)OC(C)(C)C. The fourth-order valence-corrected chi connectivity index (χ4v) is 4.10. The van der Waals surface area contributed by atoms with Crippen LogP contribution in [0.5, 0.6) is 0 Å². The monoisotopic (exact) mass is 444 g/mol. The Morgan fingerprint density at radius 2 is 2.03 bits per heavy atom. The standard InChI is InChI=1S/C24H33ClN4O2/c1-17(2)13-20-16-28(11-12-29(20)23(30)31-24(3,4)5)15-18-7-6-8-19(14-18)21-9-10-26-22(25)27-21/h6-10,14,17,20H,11-13,15-16H2,1-5H3. The lowest BCUT2D eigenvalue weighted by Gasteiger charge is -2.42. The maximum Gasteiger partial charge on any atom is 0.410 e. The molecule has 1 saturated heterocycles. The highest BCUT2D eigenvalue weighted by molar-refractivity contribution is 6.28. The molecule has 1 aliphatic heterocycles. The number of carbonyl (C=O) groups excluding carboxylic acids is 1. The van der Waals surface area contributed by atoms with E-state index in [4.69, 9.17) is 16.3 Å². The average Bonchev–Trinajstić information content (AvgIpc) is 2.66. The van der Waals surface area contributed by atoms with Crippen LogP contribution >= 0.6 is 11.6 Å². The van der Waals surface area contributed by atoms with E-state index in [9.17, 15) is 4.79 Å². The van der Waals surface area contributed by atoms with Gasteiger partial charge in [0, 0.05) is 44.0 Å². The highest BCUT2D eigenvalue weighted by Crippen LogP contribution is 2.24. The molecule has 168 valence electrons. The van der Waals surface area contributed by atoms with E-state index in [0.717, 1.165) is 37.3 Å². The van der Waals surface area contributed by atoms with Gasteiger partial charge in [0.1, 0.15) is 5.60 Å². The van der Waals surface area contributed by atoms with Crippen LogP contribution in [0.15, 0.2) is 36.5 Å². The molecule has 2 aromatic rings. The van der Waals surface area contributed by atoms with E-state index in [1.54, 1.807) is 6.20 Å². The second-order valence-corrected chi connectivity index (χ2v) is 9.94. The van der Waals surface area contributed by atoms with Crippen LogP contribution in [0.1, 0.15) is 46.6 Å². The zero-order valence-electron chi connectivity index (χ0n) is 19.1. The molecule has 1 atom stereocenters. The topological polar surface area (TPSA) is 58.6 Å². The average molecular weight is 445 g/mol. The second kappa shape index (κ2) is 9.96. The largest absolute Gasteiger partial charge is 0.444 e. The Labute approximate surface area is 190 Å². The highest BCUT2D eigenvalue weighted by atomic mass is 35.5. The van der Waals surface area contributed by atoms with Gasteiger partial charge < -0.3 is 9.64 Å². The van der Waals surface area contributed by atoms with E-state index in [1.165, 1.54) is 5.56 Å². The number of ether oxygens (including phenoxy) is 1. The minimum atomic E-state index is -0.485. The Morgan fingerprint density at radius 1 is 1.26 bits per heavy atom. The van der Waals surface area contributed by atoms with E-state index >= 15 is 0 Å². The van der Waals surface area contributed by atoms with Gasteiger partial charge in [0.15, 0.2) is 0 Å². The lowest BCUT2D eigenvalue weighted by atomic mass is 9.99. The summed E-state index contributed by atoms with van der Waals surface area (Å²) in [4.78, 5) is 25.4. The number of halogens is 1. The van der Waals surface area contributed by atoms with Crippen molar-refractivity contribution in [3.8, 4) is 11.3 Å². The number of nitrogens with zero attached hydrogens (tertiary/aromatic N) is 4. The van der Waals surface area contributed by atoms with Crippen molar-refractivity contribution in [1.29, 1.82) is 0 Å². The maximum absolute atomic E-state index is 12.8. The van der Waals surface area contributed by atoms with Crippen molar-refractivity contribution < 1.29 is 9.53 Å². The van der Waals surface area contributed by atoms with Crippen LogP contribution in [0.4, 0.5) is 4.79 Å². The zero-order chi connectivity index (χ0) is 22.6. The predicted molar refractivity (Wildman–Crippen MR) is 124 cm³/mol. The summed E-state index contributed by atoms with van der Waals surface area (Å²) in [6.07, 6.45) is 2.42. The summed E-state index contributed by atoms with van der Waals surface area (Å²) >= 11 is 5.95. The van der Waals surface area contributed by atoms with E-state index in [2.05, 4.69) is 40.8 Å². The van der Waals surface area contributed by atoms with Crippen LogP contribution in [0.2, 0.25) is 5.28 Å².